The number of nitrogens with zero attached hydrogens (tertiary/aromatic N) is 1. The maximum absolute atomic E-state index is 12.1. The number of likely N-dealkylation sites (tertiary alicyclic amines) is 1. The van der Waals surface area contributed by atoms with Crippen LogP contribution in [0.15, 0.2) is 0 Å². The number of hydrogen-bond acceptors (Lipinski definition) is 8. The predicted octanol–water partition coefficient (Wildman–Crippen LogP) is 17.5. The average Bonchev–Trinajstić information content (AvgIpc) is 3.74. The third kappa shape index (κ3) is 62.0. The second kappa shape index (κ2) is 59.2. The molecule has 0 amide bonds. The average molecular weight is 941 g/mol. The van der Waals surface area contributed by atoms with Gasteiger partial charge >= 0.3 is 11.9 Å². The van der Waals surface area contributed by atoms with Gasteiger partial charge in [-0.1, -0.05) is 211 Å². The van der Waals surface area contributed by atoms with E-state index < -0.39 is 0 Å². The summed E-state index contributed by atoms with van der Waals surface area (Å²) in [6, 6.07) is 0. The summed E-state index contributed by atoms with van der Waals surface area (Å²) in [5.41, 5.74) is 0. The molecule has 0 aromatic carbocycles. The monoisotopic (exact) mass is 940 g/mol. The van der Waals surface area contributed by atoms with Crippen LogP contribution in [0.4, 0.5) is 0 Å². The first-order valence-electron chi connectivity index (χ1n) is 28.6. The fourth-order valence-electron chi connectivity index (χ4n) is 7.58. The number of esters is 2. The molecule has 1 aliphatic heterocycles. The van der Waals surface area contributed by atoms with Crippen molar-refractivity contribution in [1.82, 2.24) is 4.90 Å². The van der Waals surface area contributed by atoms with E-state index in [1.165, 1.54) is 122 Å². The van der Waals surface area contributed by atoms with Gasteiger partial charge in [0, 0.05) is 32.4 Å². The second-order valence-corrected chi connectivity index (χ2v) is 19.6. The van der Waals surface area contributed by atoms with Gasteiger partial charge in [0.1, 0.15) is 18.0 Å². The molecule has 0 radical (unpaired) electrons. The minimum Gasteiger partial charge on any atom is -0.468 e. The topological polar surface area (TPSA) is 99.2 Å². The molecule has 1 fully saturated rings. The number of Topliss-reactive ketones (excluding diaryl/α,β-unsaturated/α-hetero) is 1. The summed E-state index contributed by atoms with van der Waals surface area (Å²) in [5.74, 6) is 1.99. The van der Waals surface area contributed by atoms with Gasteiger partial charge in [0.2, 0.25) is 0 Å². The van der Waals surface area contributed by atoms with Crippen LogP contribution in [0.25, 0.3) is 0 Å². The lowest BCUT2D eigenvalue weighted by Crippen LogP contribution is -2.25. The number of ketones is 1. The highest BCUT2D eigenvalue weighted by Gasteiger charge is 2.24. The van der Waals surface area contributed by atoms with Crippen LogP contribution in [0.2, 0.25) is 0 Å². The summed E-state index contributed by atoms with van der Waals surface area (Å²) in [7, 11) is 0. The molecule has 0 aliphatic carbocycles. The molecule has 0 N–H and O–H groups in total. The summed E-state index contributed by atoms with van der Waals surface area (Å²) in [6.45, 7) is 29.5. The molecule has 8 nitrogen and oxygen atoms in total. The van der Waals surface area contributed by atoms with Crippen molar-refractivity contribution in [2.75, 3.05) is 26.2 Å². The molecule has 0 spiro atoms. The lowest BCUT2D eigenvalue weighted by atomic mass is 9.99. The zero-order valence-corrected chi connectivity index (χ0v) is 46.6. The Morgan fingerprint density at radius 3 is 1.52 bits per heavy atom. The van der Waals surface area contributed by atoms with E-state index in [9.17, 15) is 19.2 Å². The molecule has 0 aromatic heterocycles. The number of rotatable bonds is 40. The minimum absolute atomic E-state index is 0.0229. The van der Waals surface area contributed by atoms with Crippen LogP contribution in [0.5, 0.6) is 0 Å². The van der Waals surface area contributed by atoms with Gasteiger partial charge < -0.3 is 19.0 Å². The third-order valence-electron chi connectivity index (χ3n) is 11.8. The smallest absolute Gasteiger partial charge is 0.306 e. The first-order valence-corrected chi connectivity index (χ1v) is 28.6. The van der Waals surface area contributed by atoms with Crippen molar-refractivity contribution in [2.45, 2.75) is 314 Å². The van der Waals surface area contributed by atoms with Gasteiger partial charge in [-0.25, -0.2) is 0 Å². The van der Waals surface area contributed by atoms with Gasteiger partial charge in [0.15, 0.2) is 0 Å². The molecule has 0 aromatic rings. The molecule has 396 valence electrons. The number of carbonyl (C=O) groups is 4. The Kier molecular flexibility index (Phi) is 63.3. The van der Waals surface area contributed by atoms with E-state index in [-0.39, 0.29) is 29.9 Å². The molecular formula is C58H117NO7. The van der Waals surface area contributed by atoms with Gasteiger partial charge in [0.25, 0.3) is 6.47 Å². The van der Waals surface area contributed by atoms with Crippen molar-refractivity contribution in [3.05, 3.63) is 0 Å². The fraction of sp³-hybridized carbons (Fsp3) is 0.931. The van der Waals surface area contributed by atoms with Gasteiger partial charge in [-0.05, 0) is 89.5 Å². The maximum atomic E-state index is 12.1. The minimum atomic E-state index is -0.0594. The Balaban J connectivity index is -0.000000424. The lowest BCUT2D eigenvalue weighted by Gasteiger charge is -2.18. The first-order chi connectivity index (χ1) is 31.9. The summed E-state index contributed by atoms with van der Waals surface area (Å²) < 4.78 is 15.9. The van der Waals surface area contributed by atoms with E-state index in [4.69, 9.17) is 9.47 Å². The Hall–Kier alpha value is -1.96. The second-order valence-electron chi connectivity index (χ2n) is 19.6. The number of hydrogen-bond donors (Lipinski definition) is 0. The standard InChI is InChI=1S/C22H42O4.C15H27NO3.C15H32.C4H10.C2H6/c1-3-5-7-12-16-21(17-13-8-6-4-2)26-22(24)18-14-10-9-11-15-19-25-20-23;1-3-7-15(18)19-14-9-11-16(12-14)10-6-4-5-8-13(2)17;1-4-6-7-8-9-10-11-12-13-14-15(3)5-2;1-4(2)3;1-2/h20-21H,3-19H2,1-2H3;14H,3-12H2,1-2H3;15H,4-14H2,1-3H3;4H,1-3H3;1-2H3. The van der Waals surface area contributed by atoms with Crippen LogP contribution in [0.1, 0.15) is 301 Å². The Morgan fingerprint density at radius 1 is 0.561 bits per heavy atom. The maximum Gasteiger partial charge on any atom is 0.306 e. The molecule has 2 unspecified atom stereocenters. The van der Waals surface area contributed by atoms with Gasteiger partial charge in [0.05, 0.1) is 6.61 Å². The third-order valence-corrected chi connectivity index (χ3v) is 11.8. The molecular weight excluding hydrogens is 823 g/mol. The zero-order chi connectivity index (χ0) is 50.3. The molecule has 1 aliphatic rings. The van der Waals surface area contributed by atoms with Crippen LogP contribution in [0.3, 0.4) is 0 Å². The zero-order valence-electron chi connectivity index (χ0n) is 46.6. The van der Waals surface area contributed by atoms with Crippen molar-refractivity contribution in [3.63, 3.8) is 0 Å². The molecule has 1 rings (SSSR count). The van der Waals surface area contributed by atoms with Crippen molar-refractivity contribution in [1.29, 1.82) is 0 Å². The summed E-state index contributed by atoms with van der Waals surface area (Å²) in [4.78, 5) is 46.7. The summed E-state index contributed by atoms with van der Waals surface area (Å²) >= 11 is 0. The summed E-state index contributed by atoms with van der Waals surface area (Å²) in [5, 5.41) is 0. The predicted molar refractivity (Wildman–Crippen MR) is 285 cm³/mol. The van der Waals surface area contributed by atoms with Crippen LogP contribution in [-0.4, -0.2) is 67.5 Å². The summed E-state index contributed by atoms with van der Waals surface area (Å²) in [6.07, 6.45) is 39.8. The lowest BCUT2D eigenvalue weighted by molar-refractivity contribution is -0.150. The fourth-order valence-corrected chi connectivity index (χ4v) is 7.58. The number of ether oxygens (including phenoxy) is 3. The number of unbranched alkanes of at least 4 members (excludes halogenated alkanes) is 20. The van der Waals surface area contributed by atoms with E-state index in [0.29, 0.717) is 32.3 Å². The molecule has 1 heterocycles. The van der Waals surface area contributed by atoms with Crippen LogP contribution >= 0.6 is 0 Å². The van der Waals surface area contributed by atoms with E-state index in [0.717, 1.165) is 109 Å². The van der Waals surface area contributed by atoms with Crippen molar-refractivity contribution in [3.8, 4) is 0 Å². The molecule has 8 heteroatoms. The Labute approximate surface area is 412 Å². The molecule has 0 saturated carbocycles. The van der Waals surface area contributed by atoms with Crippen molar-refractivity contribution < 1.29 is 33.4 Å². The van der Waals surface area contributed by atoms with E-state index >= 15 is 0 Å². The molecule has 0 bridgehead atoms. The van der Waals surface area contributed by atoms with Gasteiger partial charge in [-0.3, -0.25) is 19.3 Å². The van der Waals surface area contributed by atoms with Gasteiger partial charge in [-0.2, -0.15) is 0 Å². The largest absolute Gasteiger partial charge is 0.468 e. The Morgan fingerprint density at radius 2 is 1.02 bits per heavy atom. The number of carbonyl (C=O) groups excluding carboxylic acids is 4. The molecule has 66 heavy (non-hydrogen) atoms. The van der Waals surface area contributed by atoms with Crippen LogP contribution in [-0.2, 0) is 33.4 Å². The SMILES string of the molecule is CC.CC(C)C.CCCC(=O)OC1CCN(CCCCCC(C)=O)C1.CCCCCCC(CCCCCC)OC(=O)CCCCCCCOC=O.CCCCCCCCCCCC(C)CC. The molecule has 2 atom stereocenters. The first kappa shape index (κ1) is 70.6. The highest BCUT2D eigenvalue weighted by atomic mass is 16.5. The molecule has 1 saturated heterocycles. The Bertz CT molecular complexity index is 974. The normalized spacial score (nSPS) is 13.5. The van der Waals surface area contributed by atoms with Crippen LogP contribution in [0, 0.1) is 11.8 Å². The van der Waals surface area contributed by atoms with Crippen LogP contribution < -0.4 is 0 Å². The van der Waals surface area contributed by atoms with Gasteiger partial charge in [-0.15, -0.1) is 0 Å². The highest BCUT2D eigenvalue weighted by Crippen LogP contribution is 2.19. The van der Waals surface area contributed by atoms with Crippen molar-refractivity contribution >= 4 is 24.2 Å². The van der Waals surface area contributed by atoms with E-state index in [1.54, 1.807) is 6.92 Å². The highest BCUT2D eigenvalue weighted by molar-refractivity contribution is 5.75. The van der Waals surface area contributed by atoms with E-state index in [2.05, 4.69) is 65.0 Å². The van der Waals surface area contributed by atoms with E-state index in [1.807, 2.05) is 20.8 Å². The quantitative estimate of drug-likeness (QED) is 0.0259. The van der Waals surface area contributed by atoms with Crippen molar-refractivity contribution in [2.24, 2.45) is 11.8 Å².